The highest BCUT2D eigenvalue weighted by Gasteiger charge is 2.26. The molecule has 0 saturated carbocycles. The van der Waals surface area contributed by atoms with Crippen LogP contribution in [0, 0.1) is 12.8 Å². The molecule has 0 fully saturated rings. The molecule has 2 amide bonds. The van der Waals surface area contributed by atoms with E-state index in [4.69, 9.17) is 0 Å². The van der Waals surface area contributed by atoms with Gasteiger partial charge >= 0.3 is 0 Å². The van der Waals surface area contributed by atoms with E-state index in [-0.39, 0.29) is 29.5 Å². The monoisotopic (exact) mass is 491 g/mol. The van der Waals surface area contributed by atoms with Crippen molar-refractivity contribution in [2.24, 2.45) is 5.92 Å². The number of hydrogen-bond acceptors (Lipinski definition) is 5. The number of hydrogen-bond donors (Lipinski definition) is 2. The quantitative estimate of drug-likeness (QED) is 0.285. The molecule has 1 atom stereocenters. The van der Waals surface area contributed by atoms with Gasteiger partial charge in [0.1, 0.15) is 0 Å². The molecule has 8 heteroatoms. The summed E-state index contributed by atoms with van der Waals surface area (Å²) in [4.78, 5) is 25.4. The number of rotatable bonds is 11. The average molecular weight is 492 g/mol. The summed E-state index contributed by atoms with van der Waals surface area (Å²) < 4.78 is 1.90. The summed E-state index contributed by atoms with van der Waals surface area (Å²) in [7, 11) is 0. The Bertz CT molecular complexity index is 1150. The largest absolute Gasteiger partial charge is 0.342 e. The Hall–Kier alpha value is -3.39. The third kappa shape index (κ3) is 7.05. The summed E-state index contributed by atoms with van der Waals surface area (Å²) in [5.41, 5.74) is 3.67. The van der Waals surface area contributed by atoms with Crippen LogP contribution in [0.4, 0.5) is 5.69 Å². The third-order valence-electron chi connectivity index (χ3n) is 5.58. The molecule has 1 aromatic heterocycles. The summed E-state index contributed by atoms with van der Waals surface area (Å²) in [6, 6.07) is 14.9. The van der Waals surface area contributed by atoms with Crippen LogP contribution < -0.4 is 10.6 Å². The molecule has 7 nitrogen and oxygen atoms in total. The molecule has 0 unspecified atom stereocenters. The van der Waals surface area contributed by atoms with E-state index < -0.39 is 0 Å². The Labute approximate surface area is 211 Å². The standard InChI is InChI=1S/C27H33N5O2S/c1-6-16-32-25(24(18(3)4)29-26(34)21-12-8-19(5)9-13-21)30-31-27(32)35-17-23(33)28-22-14-10-20(7-2)11-15-22/h6,8-15,18,24H,1,7,16-17H2,2-5H3,(H,28,33)(H,29,34)/t24-/m1/s1. The highest BCUT2D eigenvalue weighted by atomic mass is 32.2. The lowest BCUT2D eigenvalue weighted by molar-refractivity contribution is -0.113. The van der Waals surface area contributed by atoms with Crippen molar-refractivity contribution in [1.29, 1.82) is 0 Å². The Morgan fingerprint density at radius 2 is 1.77 bits per heavy atom. The molecule has 0 aliphatic heterocycles. The first-order valence-corrected chi connectivity index (χ1v) is 12.7. The van der Waals surface area contributed by atoms with Gasteiger partial charge in [0.25, 0.3) is 5.91 Å². The fourth-order valence-electron chi connectivity index (χ4n) is 3.55. The van der Waals surface area contributed by atoms with Crippen LogP contribution in [0.1, 0.15) is 54.1 Å². The van der Waals surface area contributed by atoms with Crippen LogP contribution >= 0.6 is 11.8 Å². The SMILES string of the molecule is C=CCn1c(SCC(=O)Nc2ccc(CC)cc2)nnc1[C@H](NC(=O)c1ccc(C)cc1)C(C)C. The van der Waals surface area contributed by atoms with Crippen LogP contribution in [-0.2, 0) is 17.8 Å². The number of aromatic nitrogens is 3. The number of carbonyl (C=O) groups excluding carboxylic acids is 2. The van der Waals surface area contributed by atoms with Gasteiger partial charge in [0.15, 0.2) is 11.0 Å². The molecule has 3 rings (SSSR count). The smallest absolute Gasteiger partial charge is 0.251 e. The van der Waals surface area contributed by atoms with Gasteiger partial charge in [-0.3, -0.25) is 9.59 Å². The fourth-order valence-corrected chi connectivity index (χ4v) is 4.30. The summed E-state index contributed by atoms with van der Waals surface area (Å²) >= 11 is 1.31. The van der Waals surface area contributed by atoms with Gasteiger partial charge in [0.05, 0.1) is 11.8 Å². The van der Waals surface area contributed by atoms with Crippen molar-refractivity contribution in [3.63, 3.8) is 0 Å². The van der Waals surface area contributed by atoms with Crippen LogP contribution in [0.3, 0.4) is 0 Å². The van der Waals surface area contributed by atoms with E-state index >= 15 is 0 Å². The van der Waals surface area contributed by atoms with Crippen molar-refractivity contribution >= 4 is 29.3 Å². The van der Waals surface area contributed by atoms with Gasteiger partial charge in [-0.1, -0.05) is 68.4 Å². The van der Waals surface area contributed by atoms with Gasteiger partial charge in [-0.15, -0.1) is 16.8 Å². The van der Waals surface area contributed by atoms with E-state index in [1.165, 1.54) is 17.3 Å². The number of anilines is 1. The molecule has 0 aliphatic carbocycles. The first-order valence-electron chi connectivity index (χ1n) is 11.8. The summed E-state index contributed by atoms with van der Waals surface area (Å²) in [5, 5.41) is 15.3. The molecular formula is C27H33N5O2S. The Morgan fingerprint density at radius 1 is 1.09 bits per heavy atom. The number of nitrogens with zero attached hydrogens (tertiary/aromatic N) is 3. The van der Waals surface area contributed by atoms with Crippen LogP contribution in [0.5, 0.6) is 0 Å². The Balaban J connectivity index is 1.72. The maximum atomic E-state index is 12.9. The first kappa shape index (κ1) is 26.2. The van der Waals surface area contributed by atoms with Crippen LogP contribution in [0.2, 0.25) is 0 Å². The highest BCUT2D eigenvalue weighted by Crippen LogP contribution is 2.26. The van der Waals surface area contributed by atoms with Gasteiger partial charge in [-0.25, -0.2) is 0 Å². The van der Waals surface area contributed by atoms with Crippen LogP contribution in [0.25, 0.3) is 0 Å². The van der Waals surface area contributed by atoms with Gasteiger partial charge in [0, 0.05) is 17.8 Å². The molecule has 1 heterocycles. The summed E-state index contributed by atoms with van der Waals surface area (Å²) in [6.07, 6.45) is 2.71. The van der Waals surface area contributed by atoms with E-state index in [1.54, 1.807) is 6.08 Å². The number of benzene rings is 2. The first-order chi connectivity index (χ1) is 16.8. The van der Waals surface area contributed by atoms with Gasteiger partial charge in [-0.05, 0) is 49.1 Å². The zero-order valence-electron chi connectivity index (χ0n) is 20.7. The lowest BCUT2D eigenvalue weighted by Crippen LogP contribution is -2.33. The number of allylic oxidation sites excluding steroid dienone is 1. The van der Waals surface area contributed by atoms with Crippen molar-refractivity contribution in [3.8, 4) is 0 Å². The zero-order chi connectivity index (χ0) is 25.4. The molecule has 2 aromatic carbocycles. The molecule has 0 bridgehead atoms. The summed E-state index contributed by atoms with van der Waals surface area (Å²) in [6.45, 7) is 12.4. The Morgan fingerprint density at radius 3 is 2.37 bits per heavy atom. The minimum atomic E-state index is -0.350. The zero-order valence-corrected chi connectivity index (χ0v) is 21.6. The van der Waals surface area contributed by atoms with E-state index in [9.17, 15) is 9.59 Å². The van der Waals surface area contributed by atoms with Gasteiger partial charge in [-0.2, -0.15) is 0 Å². The predicted octanol–water partition coefficient (Wildman–Crippen LogP) is 5.19. The lowest BCUT2D eigenvalue weighted by atomic mass is 10.0. The van der Waals surface area contributed by atoms with Crippen molar-refractivity contribution < 1.29 is 9.59 Å². The van der Waals surface area contributed by atoms with Gasteiger partial charge < -0.3 is 15.2 Å². The Kier molecular flexibility index (Phi) is 9.25. The molecule has 184 valence electrons. The lowest BCUT2D eigenvalue weighted by Gasteiger charge is -2.22. The van der Waals surface area contributed by atoms with Crippen molar-refractivity contribution in [2.75, 3.05) is 11.1 Å². The predicted molar refractivity (Wildman–Crippen MR) is 142 cm³/mol. The second-order valence-electron chi connectivity index (χ2n) is 8.69. The second-order valence-corrected chi connectivity index (χ2v) is 9.63. The minimum absolute atomic E-state index is 0.0735. The molecule has 0 radical (unpaired) electrons. The molecule has 0 saturated heterocycles. The number of aryl methyl sites for hydroxylation is 2. The third-order valence-corrected chi connectivity index (χ3v) is 6.55. The highest BCUT2D eigenvalue weighted by molar-refractivity contribution is 7.99. The number of amides is 2. The van der Waals surface area contributed by atoms with E-state index in [1.807, 2.05) is 73.9 Å². The molecular weight excluding hydrogens is 458 g/mol. The molecule has 3 aromatic rings. The minimum Gasteiger partial charge on any atom is -0.342 e. The number of thioether (sulfide) groups is 1. The fraction of sp³-hybridized carbons (Fsp3) is 0.333. The molecule has 0 spiro atoms. The van der Waals surface area contributed by atoms with E-state index in [0.717, 1.165) is 17.7 Å². The maximum Gasteiger partial charge on any atom is 0.251 e. The van der Waals surface area contributed by atoms with Gasteiger partial charge in [0.2, 0.25) is 5.91 Å². The van der Waals surface area contributed by atoms with Crippen LogP contribution in [-0.4, -0.2) is 32.3 Å². The molecule has 2 N–H and O–H groups in total. The topological polar surface area (TPSA) is 88.9 Å². The van der Waals surface area contributed by atoms with E-state index in [2.05, 4.69) is 34.3 Å². The van der Waals surface area contributed by atoms with Crippen molar-refractivity contribution in [3.05, 3.63) is 83.7 Å². The summed E-state index contributed by atoms with van der Waals surface area (Å²) in [5.74, 6) is 0.608. The molecule has 0 aliphatic rings. The normalized spacial score (nSPS) is 11.8. The van der Waals surface area contributed by atoms with Crippen LogP contribution in [0.15, 0.2) is 66.3 Å². The number of nitrogens with one attached hydrogen (secondary N) is 2. The van der Waals surface area contributed by atoms with Crippen molar-refractivity contribution in [1.82, 2.24) is 20.1 Å². The molecule has 35 heavy (non-hydrogen) atoms. The average Bonchev–Trinajstić information content (AvgIpc) is 3.24. The maximum absolute atomic E-state index is 12.9. The van der Waals surface area contributed by atoms with Crippen molar-refractivity contribution in [2.45, 2.75) is 51.9 Å². The second kappa shape index (κ2) is 12.4. The van der Waals surface area contributed by atoms with E-state index in [0.29, 0.717) is 23.1 Å². The number of carbonyl (C=O) groups is 2.